The SMILES string of the molecule is COc1c2c(cc3nc(-c4cc5ccc(-c6ccc(C7NC(=O)NC7=O)cc6)nc5n4CC4CC4)n(C)c13)C(=O)N1C(C2)C2CCC1[C@@H]2N. The predicted octanol–water partition coefficient (Wildman–Crippen LogP) is 4.04. The maximum atomic E-state index is 14.0. The Morgan fingerprint density at radius 3 is 2.53 bits per heavy atom. The lowest BCUT2D eigenvalue weighted by molar-refractivity contribution is -0.120. The molecule has 0 radical (unpaired) electrons. The lowest BCUT2D eigenvalue weighted by Gasteiger charge is -2.39. The summed E-state index contributed by atoms with van der Waals surface area (Å²) >= 11 is 0. The number of fused-ring (bicyclic) bond motifs is 8. The minimum atomic E-state index is -0.698. The molecule has 12 heteroatoms. The molecule has 2 bridgehead atoms. The van der Waals surface area contributed by atoms with Crippen LogP contribution in [0.3, 0.4) is 0 Å². The number of imide groups is 1. The van der Waals surface area contributed by atoms with Crippen molar-refractivity contribution in [2.75, 3.05) is 7.11 Å². The Hall–Kier alpha value is -5.23. The second kappa shape index (κ2) is 10.1. The number of imidazole rings is 1. The Bertz CT molecular complexity index is 2270. The molecular formula is C37H36N8O4. The van der Waals surface area contributed by atoms with Gasteiger partial charge in [0, 0.05) is 53.8 Å². The first-order valence-electron chi connectivity index (χ1n) is 17.2. The fraction of sp³-hybridized carbons (Fsp3) is 0.378. The molecule has 2 aliphatic carbocycles. The Morgan fingerprint density at radius 1 is 0.980 bits per heavy atom. The molecule has 3 aliphatic heterocycles. The van der Waals surface area contributed by atoms with Crippen LogP contribution in [0.1, 0.15) is 53.2 Å². The van der Waals surface area contributed by atoms with Crippen LogP contribution in [-0.2, 0) is 24.8 Å². The molecule has 6 heterocycles. The van der Waals surface area contributed by atoms with Gasteiger partial charge in [-0.1, -0.05) is 24.3 Å². The second-order valence-corrected chi connectivity index (χ2v) is 14.4. The highest BCUT2D eigenvalue weighted by atomic mass is 16.5. The minimum Gasteiger partial charge on any atom is -0.494 e. The van der Waals surface area contributed by atoms with E-state index in [1.165, 1.54) is 12.8 Å². The monoisotopic (exact) mass is 656 g/mol. The zero-order valence-electron chi connectivity index (χ0n) is 27.3. The number of pyridine rings is 1. The smallest absolute Gasteiger partial charge is 0.322 e. The summed E-state index contributed by atoms with van der Waals surface area (Å²) in [4.78, 5) is 50.2. The third kappa shape index (κ3) is 4.09. The average Bonchev–Trinajstić information content (AvgIpc) is 3.28. The van der Waals surface area contributed by atoms with Gasteiger partial charge in [-0.25, -0.2) is 14.8 Å². The number of methoxy groups -OCH3 is 1. The molecular weight excluding hydrogens is 620 g/mol. The third-order valence-electron chi connectivity index (χ3n) is 11.7. The van der Waals surface area contributed by atoms with Crippen LogP contribution in [0.25, 0.3) is 44.8 Å². The van der Waals surface area contributed by atoms with Gasteiger partial charge in [-0.3, -0.25) is 14.9 Å². The van der Waals surface area contributed by atoms with Gasteiger partial charge in [0.2, 0.25) is 0 Å². The molecule has 4 N–H and O–H groups in total. The standard InChI is InChI=1S/C37H36N8O4/c1-43-31-25(14-23-22(32(31)49-2)15-27-21-10-12-26(29(21)38)45(27)36(23)47)40-34(43)28-13-20-9-11-24(39-33(20)44(28)16-17-3-4-17)18-5-7-19(8-6-18)30-35(46)42-37(48)41-30/h5-9,11,13-14,17,21,26-27,29-30H,3-4,10,12,15-16,38H2,1-2H3,(H2,41,42,46,48)/t21?,26?,27?,29-,30?/m1/s1. The molecule has 4 unspecified atom stereocenters. The van der Waals surface area contributed by atoms with Gasteiger partial charge in [0.25, 0.3) is 11.8 Å². The summed E-state index contributed by atoms with van der Waals surface area (Å²) in [5, 5.41) is 5.95. The van der Waals surface area contributed by atoms with E-state index in [9.17, 15) is 14.4 Å². The molecule has 2 aromatic carbocycles. The molecule has 5 aliphatic rings. The molecule has 5 aromatic rings. The van der Waals surface area contributed by atoms with Crippen LogP contribution in [0.4, 0.5) is 4.79 Å². The number of nitrogens with one attached hydrogen (secondary N) is 2. The Balaban J connectivity index is 1.07. The molecule has 49 heavy (non-hydrogen) atoms. The predicted molar refractivity (Wildman–Crippen MR) is 182 cm³/mol. The Kier molecular flexibility index (Phi) is 5.95. The van der Waals surface area contributed by atoms with E-state index in [-0.39, 0.29) is 29.9 Å². The van der Waals surface area contributed by atoms with Crippen molar-refractivity contribution in [2.45, 2.75) is 62.8 Å². The van der Waals surface area contributed by atoms with Crippen molar-refractivity contribution in [3.63, 3.8) is 0 Å². The van der Waals surface area contributed by atoms with E-state index in [0.717, 1.165) is 82.0 Å². The number of piperidine rings is 1. The molecule has 4 fully saturated rings. The van der Waals surface area contributed by atoms with Crippen molar-refractivity contribution in [1.29, 1.82) is 0 Å². The quantitative estimate of drug-likeness (QED) is 0.234. The summed E-state index contributed by atoms with van der Waals surface area (Å²) in [7, 11) is 3.71. The zero-order chi connectivity index (χ0) is 33.3. The van der Waals surface area contributed by atoms with Gasteiger partial charge in [0.1, 0.15) is 23.0 Å². The maximum Gasteiger partial charge on any atom is 0.322 e. The lowest BCUT2D eigenvalue weighted by atomic mass is 9.85. The molecule has 10 rings (SSSR count). The van der Waals surface area contributed by atoms with E-state index in [4.69, 9.17) is 20.4 Å². The number of aryl methyl sites for hydroxylation is 1. The molecule has 2 saturated heterocycles. The summed E-state index contributed by atoms with van der Waals surface area (Å²) in [6, 6.07) is 14.9. The first kappa shape index (κ1) is 28.8. The molecule has 4 amide bonds. The van der Waals surface area contributed by atoms with Gasteiger partial charge >= 0.3 is 6.03 Å². The fourth-order valence-corrected chi connectivity index (χ4v) is 9.09. The van der Waals surface area contributed by atoms with E-state index < -0.39 is 12.1 Å². The van der Waals surface area contributed by atoms with Crippen molar-refractivity contribution in [3.05, 3.63) is 65.2 Å². The number of amides is 4. The zero-order valence-corrected chi connectivity index (χ0v) is 27.3. The van der Waals surface area contributed by atoms with Crippen molar-refractivity contribution in [3.8, 4) is 28.5 Å². The molecule has 3 aromatic heterocycles. The Morgan fingerprint density at radius 2 is 1.80 bits per heavy atom. The van der Waals surface area contributed by atoms with Crippen molar-refractivity contribution >= 4 is 39.9 Å². The van der Waals surface area contributed by atoms with Crippen LogP contribution in [0, 0.1) is 11.8 Å². The summed E-state index contributed by atoms with van der Waals surface area (Å²) in [6.45, 7) is 0.833. The van der Waals surface area contributed by atoms with Gasteiger partial charge in [-0.2, -0.15) is 0 Å². The topological polar surface area (TPSA) is 149 Å². The van der Waals surface area contributed by atoms with Gasteiger partial charge in [0.15, 0.2) is 5.82 Å². The number of urea groups is 1. The van der Waals surface area contributed by atoms with Gasteiger partial charge < -0.3 is 29.8 Å². The van der Waals surface area contributed by atoms with E-state index in [2.05, 4.69) is 36.8 Å². The Labute approximate surface area is 281 Å². The number of rotatable bonds is 6. The fourth-order valence-electron chi connectivity index (χ4n) is 9.09. The van der Waals surface area contributed by atoms with Crippen LogP contribution in [0.15, 0.2) is 48.5 Å². The van der Waals surface area contributed by atoms with E-state index in [1.807, 2.05) is 43.4 Å². The van der Waals surface area contributed by atoms with E-state index in [1.54, 1.807) is 7.11 Å². The average molecular weight is 657 g/mol. The summed E-state index contributed by atoms with van der Waals surface area (Å²) in [5.41, 5.74) is 14.1. The molecule has 0 spiro atoms. The highest BCUT2D eigenvalue weighted by Crippen LogP contribution is 2.49. The third-order valence-corrected chi connectivity index (χ3v) is 11.7. The number of hydrogen-bond donors (Lipinski definition) is 3. The van der Waals surface area contributed by atoms with Crippen LogP contribution >= 0.6 is 0 Å². The molecule has 12 nitrogen and oxygen atoms in total. The summed E-state index contributed by atoms with van der Waals surface area (Å²) in [6.07, 6.45) is 5.15. The second-order valence-electron chi connectivity index (χ2n) is 14.4. The summed E-state index contributed by atoms with van der Waals surface area (Å²) in [5.74, 6) is 2.12. The van der Waals surface area contributed by atoms with Crippen molar-refractivity contribution in [2.24, 2.45) is 24.6 Å². The highest BCUT2D eigenvalue weighted by Gasteiger charge is 2.56. The number of aromatic nitrogens is 4. The normalized spacial score (nSPS) is 25.7. The van der Waals surface area contributed by atoms with Crippen LogP contribution in [0.5, 0.6) is 5.75 Å². The number of ether oxygens (including phenoxy) is 1. The highest BCUT2D eigenvalue weighted by molar-refractivity contribution is 6.05. The number of nitrogens with zero attached hydrogens (tertiary/aromatic N) is 5. The van der Waals surface area contributed by atoms with Gasteiger partial charge in [0.05, 0.1) is 24.0 Å². The van der Waals surface area contributed by atoms with Crippen molar-refractivity contribution < 1.29 is 19.1 Å². The van der Waals surface area contributed by atoms with E-state index >= 15 is 0 Å². The first-order chi connectivity index (χ1) is 23.8. The minimum absolute atomic E-state index is 0.0414. The van der Waals surface area contributed by atoms with Gasteiger partial charge in [-0.15, -0.1) is 0 Å². The van der Waals surface area contributed by atoms with Crippen molar-refractivity contribution in [1.82, 2.24) is 34.6 Å². The lowest BCUT2D eigenvalue weighted by Crippen LogP contribution is -2.49. The maximum absolute atomic E-state index is 14.0. The summed E-state index contributed by atoms with van der Waals surface area (Å²) < 4.78 is 10.5. The number of benzene rings is 2. The number of carbonyl (C=O) groups excluding carboxylic acids is 3. The van der Waals surface area contributed by atoms with Crippen LogP contribution in [-0.4, -0.2) is 67.1 Å². The molecule has 5 atom stereocenters. The van der Waals surface area contributed by atoms with Crippen LogP contribution in [0.2, 0.25) is 0 Å². The first-order valence-corrected chi connectivity index (χ1v) is 17.2. The molecule has 2 saturated carbocycles. The molecule has 248 valence electrons. The number of nitrogens with two attached hydrogens (primary N) is 1. The van der Waals surface area contributed by atoms with E-state index in [0.29, 0.717) is 23.0 Å². The number of hydrogen-bond acceptors (Lipinski definition) is 7. The van der Waals surface area contributed by atoms with Gasteiger partial charge in [-0.05, 0) is 73.8 Å². The number of carbonyl (C=O) groups is 3. The largest absolute Gasteiger partial charge is 0.494 e. The van der Waals surface area contributed by atoms with Crippen LogP contribution < -0.4 is 21.1 Å².